The Kier molecular flexibility index (Phi) is 1.88. The van der Waals surface area contributed by atoms with Gasteiger partial charge in [-0.1, -0.05) is 12.1 Å². The maximum Gasteiger partial charge on any atom is 0.0487 e. The topological polar surface area (TPSA) is 4.93 Å². The van der Waals surface area contributed by atoms with Crippen LogP contribution in [0.1, 0.15) is 36.6 Å². The standard InChI is InChI=1S/C14H17N/c1-10-6-7-12-9-11(2)15(14(12)8-10)13-4-3-5-13/h6-9,13H,3-5H2,1-2H3. The van der Waals surface area contributed by atoms with Crippen LogP contribution in [0.5, 0.6) is 0 Å². The van der Waals surface area contributed by atoms with Gasteiger partial charge < -0.3 is 4.57 Å². The molecule has 1 nitrogen and oxygen atoms in total. The Morgan fingerprint density at radius 1 is 1.13 bits per heavy atom. The van der Waals surface area contributed by atoms with Gasteiger partial charge in [0, 0.05) is 17.3 Å². The average Bonchev–Trinajstić information content (AvgIpc) is 2.42. The molecule has 1 aliphatic rings. The van der Waals surface area contributed by atoms with Crippen LogP contribution in [0, 0.1) is 13.8 Å². The van der Waals surface area contributed by atoms with Crippen LogP contribution in [-0.4, -0.2) is 4.57 Å². The average molecular weight is 199 g/mol. The van der Waals surface area contributed by atoms with Crippen LogP contribution in [0.25, 0.3) is 10.9 Å². The summed E-state index contributed by atoms with van der Waals surface area (Å²) in [6.45, 7) is 4.40. The van der Waals surface area contributed by atoms with Gasteiger partial charge in [-0.3, -0.25) is 0 Å². The highest BCUT2D eigenvalue weighted by molar-refractivity contribution is 5.82. The van der Waals surface area contributed by atoms with Gasteiger partial charge in [0.15, 0.2) is 0 Å². The Hall–Kier alpha value is -1.24. The third-order valence-electron chi connectivity index (χ3n) is 3.63. The zero-order chi connectivity index (χ0) is 10.4. The molecule has 0 bridgehead atoms. The van der Waals surface area contributed by atoms with Crippen LogP contribution in [0.2, 0.25) is 0 Å². The number of rotatable bonds is 1. The van der Waals surface area contributed by atoms with E-state index in [2.05, 4.69) is 42.7 Å². The van der Waals surface area contributed by atoms with E-state index in [0.717, 1.165) is 6.04 Å². The minimum atomic E-state index is 0.768. The molecule has 1 aliphatic carbocycles. The van der Waals surface area contributed by atoms with Crippen molar-refractivity contribution in [3.8, 4) is 0 Å². The first-order valence-electron chi connectivity index (χ1n) is 5.84. The number of fused-ring (bicyclic) bond motifs is 1. The third kappa shape index (κ3) is 1.30. The number of hydrogen-bond donors (Lipinski definition) is 0. The number of hydrogen-bond acceptors (Lipinski definition) is 0. The summed E-state index contributed by atoms with van der Waals surface area (Å²) in [4.78, 5) is 0. The van der Waals surface area contributed by atoms with E-state index in [-0.39, 0.29) is 0 Å². The highest BCUT2D eigenvalue weighted by atomic mass is 15.0. The molecular weight excluding hydrogens is 182 g/mol. The van der Waals surface area contributed by atoms with Gasteiger partial charge in [0.05, 0.1) is 0 Å². The molecule has 0 saturated heterocycles. The highest BCUT2D eigenvalue weighted by Crippen LogP contribution is 2.36. The van der Waals surface area contributed by atoms with Gasteiger partial charge in [-0.15, -0.1) is 0 Å². The van der Waals surface area contributed by atoms with Crippen molar-refractivity contribution in [3.05, 3.63) is 35.5 Å². The van der Waals surface area contributed by atoms with Crippen LogP contribution in [-0.2, 0) is 0 Å². The third-order valence-corrected chi connectivity index (χ3v) is 3.63. The molecular formula is C14H17N. The lowest BCUT2D eigenvalue weighted by molar-refractivity contribution is 0.317. The summed E-state index contributed by atoms with van der Waals surface area (Å²) >= 11 is 0. The maximum atomic E-state index is 2.53. The second-order valence-electron chi connectivity index (χ2n) is 4.80. The van der Waals surface area contributed by atoms with E-state index in [1.807, 2.05) is 0 Å². The largest absolute Gasteiger partial charge is 0.342 e. The van der Waals surface area contributed by atoms with Crippen LogP contribution in [0.3, 0.4) is 0 Å². The van der Waals surface area contributed by atoms with Crippen molar-refractivity contribution in [2.75, 3.05) is 0 Å². The highest BCUT2D eigenvalue weighted by Gasteiger charge is 2.22. The molecule has 0 amide bonds. The predicted octanol–water partition coefficient (Wildman–Crippen LogP) is 3.98. The van der Waals surface area contributed by atoms with E-state index in [4.69, 9.17) is 0 Å². The summed E-state index contributed by atoms with van der Waals surface area (Å²) in [6, 6.07) is 9.84. The second kappa shape index (κ2) is 3.13. The Balaban J connectivity index is 2.25. The quantitative estimate of drug-likeness (QED) is 0.654. The van der Waals surface area contributed by atoms with Crippen molar-refractivity contribution >= 4 is 10.9 Å². The lowest BCUT2D eigenvalue weighted by Crippen LogP contribution is -2.17. The molecule has 15 heavy (non-hydrogen) atoms. The normalized spacial score (nSPS) is 16.9. The van der Waals surface area contributed by atoms with Crippen LogP contribution >= 0.6 is 0 Å². The second-order valence-corrected chi connectivity index (χ2v) is 4.80. The van der Waals surface area contributed by atoms with Crippen molar-refractivity contribution in [1.82, 2.24) is 4.57 Å². The zero-order valence-electron chi connectivity index (χ0n) is 9.46. The Bertz CT molecular complexity index is 503. The number of nitrogens with zero attached hydrogens (tertiary/aromatic N) is 1. The van der Waals surface area contributed by atoms with E-state index in [1.165, 1.54) is 41.4 Å². The number of aromatic nitrogens is 1. The van der Waals surface area contributed by atoms with Gasteiger partial charge in [-0.05, 0) is 56.2 Å². The van der Waals surface area contributed by atoms with Crippen molar-refractivity contribution in [3.63, 3.8) is 0 Å². The molecule has 3 rings (SSSR count). The summed E-state index contributed by atoms with van der Waals surface area (Å²) in [6.07, 6.45) is 4.12. The van der Waals surface area contributed by atoms with E-state index >= 15 is 0 Å². The van der Waals surface area contributed by atoms with Crippen LogP contribution < -0.4 is 0 Å². The van der Waals surface area contributed by atoms with Gasteiger partial charge >= 0.3 is 0 Å². The molecule has 1 fully saturated rings. The lowest BCUT2D eigenvalue weighted by atomic mass is 9.92. The molecule has 78 valence electrons. The molecule has 1 heteroatoms. The summed E-state index contributed by atoms with van der Waals surface area (Å²) in [5, 5.41) is 1.39. The molecule has 0 atom stereocenters. The van der Waals surface area contributed by atoms with Crippen molar-refractivity contribution in [2.24, 2.45) is 0 Å². The first-order chi connectivity index (χ1) is 7.25. The molecule has 0 spiro atoms. The molecule has 0 radical (unpaired) electrons. The summed E-state index contributed by atoms with van der Waals surface area (Å²) in [7, 11) is 0. The zero-order valence-corrected chi connectivity index (χ0v) is 9.46. The van der Waals surface area contributed by atoms with Crippen LogP contribution in [0.4, 0.5) is 0 Å². The first-order valence-corrected chi connectivity index (χ1v) is 5.84. The molecule has 0 aliphatic heterocycles. The monoisotopic (exact) mass is 199 g/mol. The SMILES string of the molecule is Cc1ccc2cc(C)n(C3CCC3)c2c1. The fraction of sp³-hybridized carbons (Fsp3) is 0.429. The summed E-state index contributed by atoms with van der Waals surface area (Å²) in [5.74, 6) is 0. The Labute approximate surface area is 90.7 Å². The van der Waals surface area contributed by atoms with Crippen molar-refractivity contribution in [2.45, 2.75) is 39.2 Å². The molecule has 2 aromatic rings. The maximum absolute atomic E-state index is 2.53. The van der Waals surface area contributed by atoms with E-state index in [1.54, 1.807) is 0 Å². The molecule has 0 unspecified atom stereocenters. The van der Waals surface area contributed by atoms with Gasteiger partial charge in [0.1, 0.15) is 0 Å². The molecule has 1 heterocycles. The molecule has 1 aromatic heterocycles. The Morgan fingerprint density at radius 2 is 1.93 bits per heavy atom. The van der Waals surface area contributed by atoms with Crippen LogP contribution in [0.15, 0.2) is 24.3 Å². The smallest absolute Gasteiger partial charge is 0.0487 e. The van der Waals surface area contributed by atoms with Crippen molar-refractivity contribution in [1.29, 1.82) is 0 Å². The van der Waals surface area contributed by atoms with Gasteiger partial charge in [-0.2, -0.15) is 0 Å². The van der Waals surface area contributed by atoms with E-state index in [9.17, 15) is 0 Å². The Morgan fingerprint density at radius 3 is 2.60 bits per heavy atom. The number of aryl methyl sites for hydroxylation is 2. The van der Waals surface area contributed by atoms with E-state index in [0.29, 0.717) is 0 Å². The molecule has 0 N–H and O–H groups in total. The predicted molar refractivity (Wildman–Crippen MR) is 64.3 cm³/mol. The summed E-state index contributed by atoms with van der Waals surface area (Å²) in [5.41, 5.74) is 4.21. The fourth-order valence-electron chi connectivity index (χ4n) is 2.60. The molecule has 1 saturated carbocycles. The fourth-order valence-corrected chi connectivity index (χ4v) is 2.60. The molecule has 1 aromatic carbocycles. The van der Waals surface area contributed by atoms with Gasteiger partial charge in [0.2, 0.25) is 0 Å². The minimum absolute atomic E-state index is 0.768. The number of benzene rings is 1. The lowest BCUT2D eigenvalue weighted by Gasteiger charge is -2.29. The minimum Gasteiger partial charge on any atom is -0.342 e. The van der Waals surface area contributed by atoms with Crippen molar-refractivity contribution < 1.29 is 0 Å². The summed E-state index contributed by atoms with van der Waals surface area (Å²) < 4.78 is 2.53. The van der Waals surface area contributed by atoms with Gasteiger partial charge in [0.25, 0.3) is 0 Å². The van der Waals surface area contributed by atoms with E-state index < -0.39 is 0 Å². The van der Waals surface area contributed by atoms with Gasteiger partial charge in [-0.25, -0.2) is 0 Å². The first kappa shape index (κ1) is 9.02.